The number of hydrogen-bond donors (Lipinski definition) is 1. The first-order chi connectivity index (χ1) is 14.1. The predicted molar refractivity (Wildman–Crippen MR) is 118 cm³/mol. The minimum absolute atomic E-state index is 0.232. The highest BCUT2D eigenvalue weighted by atomic mass is 15.2. The van der Waals surface area contributed by atoms with Crippen molar-refractivity contribution in [2.45, 2.75) is 31.2 Å². The zero-order valence-corrected chi connectivity index (χ0v) is 17.4. The first-order valence-electron chi connectivity index (χ1n) is 10.4. The molecule has 0 amide bonds. The molecule has 0 unspecified atom stereocenters. The van der Waals surface area contributed by atoms with E-state index in [0.717, 1.165) is 32.7 Å². The van der Waals surface area contributed by atoms with Crippen LogP contribution >= 0.6 is 0 Å². The number of pyridine rings is 2. The number of nitrogens with one attached hydrogen (secondary N) is 1. The molecule has 0 atom stereocenters. The topological polar surface area (TPSA) is 41.1 Å². The third-order valence-electron chi connectivity index (χ3n) is 5.99. The van der Waals surface area contributed by atoms with Crippen molar-refractivity contribution in [1.82, 2.24) is 20.2 Å². The van der Waals surface area contributed by atoms with E-state index in [2.05, 4.69) is 82.6 Å². The molecule has 1 N–H and O–H groups in total. The van der Waals surface area contributed by atoms with E-state index >= 15 is 0 Å². The van der Waals surface area contributed by atoms with E-state index < -0.39 is 0 Å². The molecule has 150 valence electrons. The standard InChI is InChI=1S/C16H18N2.C9H12N2/c1-16(15-9-5-6-10-17-15)12-18(13-16)11-14-7-3-2-4-8-14;1-9(6-10-7-9)8-4-2-3-5-11-8/h2-10H,11-13H2,1H3;2-5,10H,6-7H2,1H3. The lowest BCUT2D eigenvalue weighted by atomic mass is 9.78. The van der Waals surface area contributed by atoms with Gasteiger partial charge in [-0.25, -0.2) is 0 Å². The number of nitrogens with zero attached hydrogens (tertiary/aromatic N) is 3. The maximum Gasteiger partial charge on any atom is 0.0488 e. The normalized spacial score (nSPS) is 19.2. The van der Waals surface area contributed by atoms with Crippen LogP contribution in [0.3, 0.4) is 0 Å². The van der Waals surface area contributed by atoms with Gasteiger partial charge in [0.05, 0.1) is 0 Å². The number of hydrogen-bond acceptors (Lipinski definition) is 4. The van der Waals surface area contributed by atoms with Crippen LogP contribution in [-0.4, -0.2) is 41.0 Å². The fourth-order valence-electron chi connectivity index (χ4n) is 4.18. The summed E-state index contributed by atoms with van der Waals surface area (Å²) in [6, 6.07) is 23.0. The van der Waals surface area contributed by atoms with Gasteiger partial charge in [0, 0.05) is 67.3 Å². The van der Waals surface area contributed by atoms with E-state index in [0.29, 0.717) is 5.41 Å². The summed E-state index contributed by atoms with van der Waals surface area (Å²) in [5, 5.41) is 3.26. The molecule has 3 aromatic rings. The van der Waals surface area contributed by atoms with E-state index in [-0.39, 0.29) is 5.41 Å². The maximum absolute atomic E-state index is 4.49. The Bertz CT molecular complexity index is 886. The Hall–Kier alpha value is -2.56. The SMILES string of the molecule is CC1(c2ccccn2)CN(Cc2ccccc2)C1.CC1(c2ccccn2)CNC1. The van der Waals surface area contributed by atoms with Crippen LogP contribution in [0.4, 0.5) is 0 Å². The van der Waals surface area contributed by atoms with Crippen LogP contribution in [0.5, 0.6) is 0 Å². The molecule has 0 radical (unpaired) electrons. The molecule has 0 bridgehead atoms. The Kier molecular flexibility index (Phi) is 5.74. The summed E-state index contributed by atoms with van der Waals surface area (Å²) in [5.41, 5.74) is 4.34. The predicted octanol–water partition coefficient (Wildman–Crippen LogP) is 3.80. The smallest absolute Gasteiger partial charge is 0.0488 e. The average Bonchev–Trinajstić information content (AvgIpc) is 2.73. The molecule has 4 nitrogen and oxygen atoms in total. The molecule has 2 aliphatic heterocycles. The summed E-state index contributed by atoms with van der Waals surface area (Å²) in [6.45, 7) is 9.90. The Morgan fingerprint density at radius 3 is 1.79 bits per heavy atom. The monoisotopic (exact) mass is 386 g/mol. The van der Waals surface area contributed by atoms with Gasteiger partial charge in [-0.3, -0.25) is 14.9 Å². The van der Waals surface area contributed by atoms with Crippen LogP contribution in [-0.2, 0) is 17.4 Å². The second kappa shape index (κ2) is 8.44. The van der Waals surface area contributed by atoms with Gasteiger partial charge in [-0.05, 0) is 29.8 Å². The van der Waals surface area contributed by atoms with Crippen molar-refractivity contribution >= 4 is 0 Å². The summed E-state index contributed by atoms with van der Waals surface area (Å²) >= 11 is 0. The van der Waals surface area contributed by atoms with E-state index in [1.54, 1.807) is 0 Å². The lowest BCUT2D eigenvalue weighted by Crippen LogP contribution is -2.57. The van der Waals surface area contributed by atoms with Crippen LogP contribution in [0, 0.1) is 0 Å². The average molecular weight is 387 g/mol. The van der Waals surface area contributed by atoms with Crippen molar-refractivity contribution in [3.63, 3.8) is 0 Å². The zero-order chi connectivity index (χ0) is 20.2. The fourth-order valence-corrected chi connectivity index (χ4v) is 4.18. The molecular weight excluding hydrogens is 356 g/mol. The molecule has 0 spiro atoms. The van der Waals surface area contributed by atoms with Crippen molar-refractivity contribution in [2.24, 2.45) is 0 Å². The summed E-state index contributed by atoms with van der Waals surface area (Å²) < 4.78 is 0. The van der Waals surface area contributed by atoms with Gasteiger partial charge in [0.25, 0.3) is 0 Å². The van der Waals surface area contributed by atoms with Gasteiger partial charge in [0.2, 0.25) is 0 Å². The minimum Gasteiger partial charge on any atom is -0.315 e. The molecule has 4 heteroatoms. The molecule has 1 aromatic carbocycles. The highest BCUT2D eigenvalue weighted by Gasteiger charge is 2.40. The van der Waals surface area contributed by atoms with Crippen LogP contribution < -0.4 is 5.32 Å². The van der Waals surface area contributed by atoms with Gasteiger partial charge in [-0.2, -0.15) is 0 Å². The molecular formula is C25H30N4. The van der Waals surface area contributed by atoms with Gasteiger partial charge in [0.15, 0.2) is 0 Å². The minimum atomic E-state index is 0.232. The first kappa shape index (κ1) is 19.7. The van der Waals surface area contributed by atoms with Crippen LogP contribution in [0.15, 0.2) is 79.1 Å². The van der Waals surface area contributed by atoms with Crippen molar-refractivity contribution in [1.29, 1.82) is 0 Å². The van der Waals surface area contributed by atoms with E-state index in [9.17, 15) is 0 Å². The van der Waals surface area contributed by atoms with Crippen LogP contribution in [0.2, 0.25) is 0 Å². The lowest BCUT2D eigenvalue weighted by Gasteiger charge is -2.47. The number of aromatic nitrogens is 2. The molecule has 29 heavy (non-hydrogen) atoms. The van der Waals surface area contributed by atoms with Gasteiger partial charge >= 0.3 is 0 Å². The van der Waals surface area contributed by atoms with Crippen molar-refractivity contribution in [3.8, 4) is 0 Å². The van der Waals surface area contributed by atoms with Gasteiger partial charge in [-0.1, -0.05) is 56.3 Å². The molecule has 4 heterocycles. The Labute approximate surface area is 174 Å². The van der Waals surface area contributed by atoms with Gasteiger partial charge in [0.1, 0.15) is 0 Å². The molecule has 5 rings (SSSR count). The summed E-state index contributed by atoms with van der Waals surface area (Å²) in [7, 11) is 0. The fraction of sp³-hybridized carbons (Fsp3) is 0.360. The second-order valence-corrected chi connectivity index (χ2v) is 8.79. The molecule has 2 aromatic heterocycles. The van der Waals surface area contributed by atoms with Gasteiger partial charge < -0.3 is 5.32 Å². The molecule has 2 fully saturated rings. The summed E-state index contributed by atoms with van der Waals surface area (Å²) in [4.78, 5) is 11.3. The van der Waals surface area contributed by atoms with Crippen molar-refractivity contribution in [3.05, 3.63) is 96.1 Å². The Morgan fingerprint density at radius 1 is 0.759 bits per heavy atom. The molecule has 0 aliphatic carbocycles. The van der Waals surface area contributed by atoms with E-state index in [1.807, 2.05) is 30.6 Å². The molecule has 2 saturated heterocycles. The number of likely N-dealkylation sites (tertiary alicyclic amines) is 1. The third-order valence-corrected chi connectivity index (χ3v) is 5.99. The number of benzene rings is 1. The summed E-state index contributed by atoms with van der Waals surface area (Å²) in [5.74, 6) is 0. The first-order valence-corrected chi connectivity index (χ1v) is 10.4. The van der Waals surface area contributed by atoms with Crippen molar-refractivity contribution in [2.75, 3.05) is 26.2 Å². The largest absolute Gasteiger partial charge is 0.315 e. The van der Waals surface area contributed by atoms with Crippen LogP contribution in [0.1, 0.15) is 30.8 Å². The van der Waals surface area contributed by atoms with Crippen molar-refractivity contribution < 1.29 is 0 Å². The highest BCUT2D eigenvalue weighted by molar-refractivity contribution is 5.23. The highest BCUT2D eigenvalue weighted by Crippen LogP contribution is 2.33. The molecule has 2 aliphatic rings. The zero-order valence-electron chi connectivity index (χ0n) is 17.4. The summed E-state index contributed by atoms with van der Waals surface area (Å²) in [6.07, 6.45) is 3.75. The van der Waals surface area contributed by atoms with E-state index in [4.69, 9.17) is 0 Å². The number of rotatable bonds is 4. The molecule has 0 saturated carbocycles. The lowest BCUT2D eigenvalue weighted by molar-refractivity contribution is 0.0674. The maximum atomic E-state index is 4.49. The van der Waals surface area contributed by atoms with E-state index in [1.165, 1.54) is 17.0 Å². The van der Waals surface area contributed by atoms with Crippen LogP contribution in [0.25, 0.3) is 0 Å². The third kappa shape index (κ3) is 4.55. The Morgan fingerprint density at radius 2 is 1.31 bits per heavy atom. The quantitative estimate of drug-likeness (QED) is 0.741. The Balaban J connectivity index is 0.000000159. The van der Waals surface area contributed by atoms with Gasteiger partial charge in [-0.15, -0.1) is 0 Å². The second-order valence-electron chi connectivity index (χ2n) is 8.79.